The third-order valence-electron chi connectivity index (χ3n) is 2.96. The summed E-state index contributed by atoms with van der Waals surface area (Å²) in [6.07, 6.45) is -5.72. The van der Waals surface area contributed by atoms with Crippen LogP contribution in [0, 0.1) is 29.1 Å². The maximum Gasteiger partial charge on any atom is 0.422 e. The van der Waals surface area contributed by atoms with E-state index >= 15 is 0 Å². The van der Waals surface area contributed by atoms with Crippen molar-refractivity contribution in [2.75, 3.05) is 5.32 Å². The molecule has 0 heterocycles. The van der Waals surface area contributed by atoms with Gasteiger partial charge in [-0.3, -0.25) is 4.79 Å². The van der Waals surface area contributed by atoms with E-state index in [1.54, 1.807) is 0 Å². The minimum atomic E-state index is -5.72. The first kappa shape index (κ1) is 19.0. The minimum absolute atomic E-state index is 0.155. The Labute approximate surface area is 139 Å². The van der Waals surface area contributed by atoms with Crippen molar-refractivity contribution in [2.24, 2.45) is 0 Å². The second kappa shape index (κ2) is 6.51. The zero-order valence-corrected chi connectivity index (χ0v) is 12.3. The number of nitrogens with one attached hydrogen (secondary N) is 1. The molecule has 25 heavy (non-hydrogen) atoms. The number of alkyl halides is 3. The molecule has 0 aromatic heterocycles. The molecule has 0 spiro atoms. The summed E-state index contributed by atoms with van der Waals surface area (Å²) in [5.74, 6) is -13.3. The summed E-state index contributed by atoms with van der Waals surface area (Å²) in [5, 5.41) is 1.13. The Morgan fingerprint density at radius 2 is 1.44 bits per heavy atom. The van der Waals surface area contributed by atoms with Crippen LogP contribution in [0.2, 0.25) is 5.02 Å². The van der Waals surface area contributed by atoms with Crippen molar-refractivity contribution in [2.45, 2.75) is 6.18 Å². The van der Waals surface area contributed by atoms with Gasteiger partial charge in [0.1, 0.15) is 17.1 Å². The summed E-state index contributed by atoms with van der Waals surface area (Å²) in [6.45, 7) is 0. The first-order chi connectivity index (χ1) is 11.4. The third kappa shape index (κ3) is 3.53. The van der Waals surface area contributed by atoms with Crippen LogP contribution in [0.25, 0.3) is 0 Å². The van der Waals surface area contributed by atoms with Crippen molar-refractivity contribution in [3.05, 3.63) is 63.4 Å². The van der Waals surface area contributed by atoms with Gasteiger partial charge in [0, 0.05) is 5.02 Å². The number of rotatable bonds is 2. The quantitative estimate of drug-likeness (QED) is 0.547. The lowest BCUT2D eigenvalue weighted by Crippen LogP contribution is -2.21. The van der Waals surface area contributed by atoms with Gasteiger partial charge in [-0.1, -0.05) is 11.6 Å². The maximum atomic E-state index is 13.7. The summed E-state index contributed by atoms with van der Waals surface area (Å²) in [4.78, 5) is 11.8. The van der Waals surface area contributed by atoms with Crippen LogP contribution < -0.4 is 5.32 Å². The molecule has 2 rings (SSSR count). The first-order valence-corrected chi connectivity index (χ1v) is 6.52. The Morgan fingerprint density at radius 1 is 0.920 bits per heavy atom. The minimum Gasteiger partial charge on any atom is -0.317 e. The average molecular weight is 390 g/mol. The van der Waals surface area contributed by atoms with Crippen molar-refractivity contribution >= 4 is 23.2 Å². The number of anilines is 1. The number of carbonyl (C=O) groups excluding carboxylic acids is 1. The molecular formula is C14H4ClF8NO. The highest BCUT2D eigenvalue weighted by atomic mass is 35.5. The largest absolute Gasteiger partial charge is 0.422 e. The molecule has 0 saturated carbocycles. The van der Waals surface area contributed by atoms with E-state index < -0.39 is 58.0 Å². The SMILES string of the molecule is O=C(Nc1c(F)c(F)c(C(F)(F)F)c(F)c1F)c1cc(Cl)ccc1F. The van der Waals surface area contributed by atoms with E-state index in [1.807, 2.05) is 0 Å². The fourth-order valence-electron chi connectivity index (χ4n) is 1.84. The van der Waals surface area contributed by atoms with E-state index in [0.717, 1.165) is 18.2 Å². The molecular weight excluding hydrogens is 386 g/mol. The van der Waals surface area contributed by atoms with Crippen LogP contribution in [0.4, 0.5) is 40.8 Å². The molecule has 0 aliphatic heterocycles. The van der Waals surface area contributed by atoms with Gasteiger partial charge >= 0.3 is 6.18 Å². The molecule has 0 fully saturated rings. The highest BCUT2D eigenvalue weighted by Gasteiger charge is 2.42. The smallest absolute Gasteiger partial charge is 0.317 e. The summed E-state index contributed by atoms with van der Waals surface area (Å²) in [5.41, 5.74) is -5.49. The van der Waals surface area contributed by atoms with E-state index in [1.165, 1.54) is 5.32 Å². The number of benzene rings is 2. The second-order valence-corrected chi connectivity index (χ2v) is 5.02. The summed E-state index contributed by atoms with van der Waals surface area (Å²) < 4.78 is 105. The van der Waals surface area contributed by atoms with Gasteiger partial charge in [0.2, 0.25) is 0 Å². The predicted octanol–water partition coefficient (Wildman–Crippen LogP) is 5.31. The third-order valence-corrected chi connectivity index (χ3v) is 3.19. The summed E-state index contributed by atoms with van der Waals surface area (Å²) in [6, 6.07) is 2.49. The molecule has 0 aliphatic carbocycles. The molecule has 0 atom stereocenters. The number of amides is 1. The monoisotopic (exact) mass is 389 g/mol. The number of carbonyl (C=O) groups is 1. The number of hydrogen-bond acceptors (Lipinski definition) is 1. The topological polar surface area (TPSA) is 29.1 Å². The van der Waals surface area contributed by atoms with Gasteiger partial charge in [-0.2, -0.15) is 13.2 Å². The molecule has 0 bridgehead atoms. The van der Waals surface area contributed by atoms with Gasteiger partial charge in [0.25, 0.3) is 5.91 Å². The van der Waals surface area contributed by atoms with Crippen LogP contribution in [-0.4, -0.2) is 5.91 Å². The van der Waals surface area contributed by atoms with Crippen LogP contribution in [0.1, 0.15) is 15.9 Å². The Hall–Kier alpha value is -2.36. The zero-order chi connectivity index (χ0) is 19.1. The van der Waals surface area contributed by atoms with Gasteiger partial charge in [0.05, 0.1) is 5.56 Å². The molecule has 0 unspecified atom stereocenters. The molecule has 0 radical (unpaired) electrons. The Kier molecular flexibility index (Phi) is 4.94. The molecule has 1 N–H and O–H groups in total. The van der Waals surface area contributed by atoms with Gasteiger partial charge < -0.3 is 5.32 Å². The number of halogens is 9. The lowest BCUT2D eigenvalue weighted by Gasteiger charge is -2.14. The fraction of sp³-hybridized carbons (Fsp3) is 0.0714. The second-order valence-electron chi connectivity index (χ2n) is 4.58. The lowest BCUT2D eigenvalue weighted by molar-refractivity contribution is -0.143. The summed E-state index contributed by atoms with van der Waals surface area (Å²) >= 11 is 5.51. The highest BCUT2D eigenvalue weighted by Crippen LogP contribution is 2.38. The van der Waals surface area contributed by atoms with Crippen molar-refractivity contribution in [3.63, 3.8) is 0 Å². The predicted molar refractivity (Wildman–Crippen MR) is 70.6 cm³/mol. The summed E-state index contributed by atoms with van der Waals surface area (Å²) in [7, 11) is 0. The van der Waals surface area contributed by atoms with Gasteiger partial charge in [0.15, 0.2) is 23.3 Å². The Morgan fingerprint density at radius 3 is 1.92 bits per heavy atom. The van der Waals surface area contributed by atoms with Crippen LogP contribution in [0.15, 0.2) is 18.2 Å². The van der Waals surface area contributed by atoms with Crippen molar-refractivity contribution < 1.29 is 39.9 Å². The fourth-order valence-corrected chi connectivity index (χ4v) is 2.01. The van der Waals surface area contributed by atoms with Crippen molar-refractivity contribution in [1.82, 2.24) is 0 Å². The first-order valence-electron chi connectivity index (χ1n) is 6.14. The van der Waals surface area contributed by atoms with E-state index in [9.17, 15) is 39.9 Å². The van der Waals surface area contributed by atoms with E-state index in [0.29, 0.717) is 0 Å². The number of hydrogen-bond donors (Lipinski definition) is 1. The van der Waals surface area contributed by atoms with Gasteiger partial charge in [-0.05, 0) is 18.2 Å². The van der Waals surface area contributed by atoms with Crippen LogP contribution >= 0.6 is 11.6 Å². The van der Waals surface area contributed by atoms with Crippen molar-refractivity contribution in [1.29, 1.82) is 0 Å². The molecule has 0 saturated heterocycles. The Bertz CT molecular complexity index is 836. The molecule has 1 amide bonds. The normalized spacial score (nSPS) is 11.6. The van der Waals surface area contributed by atoms with Crippen LogP contribution in [-0.2, 0) is 6.18 Å². The standard InChI is InChI=1S/C14H4ClF8NO/c15-4-1-2-6(16)5(3-4)13(25)24-12-10(19)8(17)7(14(21,22)23)9(18)11(12)20/h1-3H,(H,24,25). The highest BCUT2D eigenvalue weighted by molar-refractivity contribution is 6.31. The van der Waals surface area contributed by atoms with E-state index in [-0.39, 0.29) is 5.02 Å². The molecule has 11 heteroatoms. The molecule has 134 valence electrons. The Balaban J connectivity index is 2.54. The molecule has 2 aromatic rings. The van der Waals surface area contributed by atoms with Crippen molar-refractivity contribution in [3.8, 4) is 0 Å². The van der Waals surface area contributed by atoms with E-state index in [2.05, 4.69) is 0 Å². The van der Waals surface area contributed by atoms with Crippen LogP contribution in [0.3, 0.4) is 0 Å². The maximum absolute atomic E-state index is 13.7. The van der Waals surface area contributed by atoms with Gasteiger partial charge in [-0.25, -0.2) is 22.0 Å². The zero-order valence-electron chi connectivity index (χ0n) is 11.5. The van der Waals surface area contributed by atoms with E-state index in [4.69, 9.17) is 11.6 Å². The molecule has 0 aliphatic rings. The average Bonchev–Trinajstić information content (AvgIpc) is 2.50. The van der Waals surface area contributed by atoms with Crippen LogP contribution in [0.5, 0.6) is 0 Å². The molecule has 2 nitrogen and oxygen atoms in total. The molecule has 2 aromatic carbocycles. The van der Waals surface area contributed by atoms with Gasteiger partial charge in [-0.15, -0.1) is 0 Å². The lowest BCUT2D eigenvalue weighted by atomic mass is 10.1.